The lowest BCUT2D eigenvalue weighted by Crippen LogP contribution is -2.34. The number of sulfonamides is 1. The first-order valence-corrected chi connectivity index (χ1v) is 9.30. The van der Waals surface area contributed by atoms with E-state index in [2.05, 4.69) is 36.6 Å². The van der Waals surface area contributed by atoms with E-state index >= 15 is 0 Å². The molecule has 1 aromatic carbocycles. The molecule has 0 radical (unpaired) electrons. The van der Waals surface area contributed by atoms with Gasteiger partial charge in [0.2, 0.25) is 10.0 Å². The minimum absolute atomic E-state index is 0.118. The third-order valence-corrected chi connectivity index (χ3v) is 5.82. The molecule has 0 bridgehead atoms. The maximum atomic E-state index is 12.3. The van der Waals surface area contributed by atoms with Gasteiger partial charge in [-0.1, -0.05) is 29.8 Å². The number of aliphatic hydroxyl groups is 1. The van der Waals surface area contributed by atoms with Crippen molar-refractivity contribution in [3.63, 3.8) is 0 Å². The SMILES string of the molecule is CC(C)(CCCO)CNS(=O)(=O)c1cc(Br)ccc1Br. The molecule has 1 aromatic rings. The zero-order valence-corrected chi connectivity index (χ0v) is 15.5. The Morgan fingerprint density at radius 2 is 1.95 bits per heavy atom. The van der Waals surface area contributed by atoms with Gasteiger partial charge < -0.3 is 5.11 Å². The molecule has 114 valence electrons. The normalized spacial score (nSPS) is 12.7. The maximum absolute atomic E-state index is 12.3. The minimum Gasteiger partial charge on any atom is -0.396 e. The van der Waals surface area contributed by atoms with Crippen LogP contribution in [0.15, 0.2) is 32.0 Å². The Morgan fingerprint density at radius 1 is 1.30 bits per heavy atom. The lowest BCUT2D eigenvalue weighted by Gasteiger charge is -2.24. The third kappa shape index (κ3) is 5.44. The molecule has 0 saturated heterocycles. The van der Waals surface area contributed by atoms with Crippen LogP contribution in [0.2, 0.25) is 0 Å². The van der Waals surface area contributed by atoms with E-state index in [0.29, 0.717) is 21.9 Å². The Bertz CT molecular complexity index is 559. The summed E-state index contributed by atoms with van der Waals surface area (Å²) in [6, 6.07) is 5.02. The molecule has 0 unspecified atom stereocenters. The van der Waals surface area contributed by atoms with Crippen LogP contribution in [0.5, 0.6) is 0 Å². The molecule has 2 N–H and O–H groups in total. The molecule has 1 rings (SSSR count). The maximum Gasteiger partial charge on any atom is 0.241 e. The number of hydrogen-bond donors (Lipinski definition) is 2. The van der Waals surface area contributed by atoms with E-state index in [-0.39, 0.29) is 16.9 Å². The van der Waals surface area contributed by atoms with Gasteiger partial charge in [0, 0.05) is 22.1 Å². The van der Waals surface area contributed by atoms with Crippen LogP contribution in [0.1, 0.15) is 26.7 Å². The van der Waals surface area contributed by atoms with E-state index < -0.39 is 10.0 Å². The van der Waals surface area contributed by atoms with Crippen LogP contribution in [-0.2, 0) is 10.0 Å². The highest BCUT2D eigenvalue weighted by molar-refractivity contribution is 9.11. The Balaban J connectivity index is 2.83. The summed E-state index contributed by atoms with van der Waals surface area (Å²) in [6.45, 7) is 4.39. The third-order valence-electron chi connectivity index (χ3n) is 2.94. The molecule has 0 saturated carbocycles. The van der Waals surface area contributed by atoms with Gasteiger partial charge in [-0.3, -0.25) is 0 Å². The van der Waals surface area contributed by atoms with Crippen molar-refractivity contribution in [1.29, 1.82) is 0 Å². The second-order valence-electron chi connectivity index (χ2n) is 5.39. The number of halogens is 2. The lowest BCUT2D eigenvalue weighted by atomic mass is 9.88. The van der Waals surface area contributed by atoms with Gasteiger partial charge in [-0.05, 0) is 52.4 Å². The standard InChI is InChI=1S/C13H19Br2NO3S/c1-13(2,6-3-7-17)9-16-20(18,19)12-8-10(14)4-5-11(12)15/h4-5,8,16-17H,3,6-7,9H2,1-2H3. The first-order chi connectivity index (χ1) is 9.18. The second kappa shape index (κ2) is 7.35. The van der Waals surface area contributed by atoms with Crippen LogP contribution in [0.3, 0.4) is 0 Å². The molecule has 20 heavy (non-hydrogen) atoms. The molecule has 0 atom stereocenters. The Labute approximate surface area is 137 Å². The molecule has 0 aliphatic carbocycles. The molecule has 0 aliphatic heterocycles. The summed E-state index contributed by atoms with van der Waals surface area (Å²) in [5, 5.41) is 8.85. The van der Waals surface area contributed by atoms with Gasteiger partial charge in [0.1, 0.15) is 0 Å². The first kappa shape index (κ1) is 18.1. The van der Waals surface area contributed by atoms with E-state index in [9.17, 15) is 8.42 Å². The molecule has 0 amide bonds. The number of benzene rings is 1. The van der Waals surface area contributed by atoms with Crippen LogP contribution in [0.4, 0.5) is 0 Å². The number of nitrogens with one attached hydrogen (secondary N) is 1. The van der Waals surface area contributed by atoms with Crippen molar-refractivity contribution in [3.8, 4) is 0 Å². The average Bonchev–Trinajstić information content (AvgIpc) is 2.37. The van der Waals surface area contributed by atoms with Gasteiger partial charge >= 0.3 is 0 Å². The monoisotopic (exact) mass is 427 g/mol. The fraction of sp³-hybridized carbons (Fsp3) is 0.538. The average molecular weight is 429 g/mol. The topological polar surface area (TPSA) is 66.4 Å². The van der Waals surface area contributed by atoms with Crippen molar-refractivity contribution in [3.05, 3.63) is 27.1 Å². The largest absolute Gasteiger partial charge is 0.396 e. The summed E-state index contributed by atoms with van der Waals surface area (Å²) in [7, 11) is -3.56. The van der Waals surface area contributed by atoms with E-state index in [1.54, 1.807) is 18.2 Å². The highest BCUT2D eigenvalue weighted by Gasteiger charge is 2.23. The summed E-state index contributed by atoms with van der Waals surface area (Å²) in [4.78, 5) is 0.213. The van der Waals surface area contributed by atoms with Crippen molar-refractivity contribution in [1.82, 2.24) is 4.72 Å². The smallest absolute Gasteiger partial charge is 0.241 e. The summed E-state index contributed by atoms with van der Waals surface area (Å²) in [5.41, 5.74) is -0.200. The summed E-state index contributed by atoms with van der Waals surface area (Å²) in [5.74, 6) is 0. The van der Waals surface area contributed by atoms with Crippen LogP contribution < -0.4 is 4.72 Å². The molecular weight excluding hydrogens is 410 g/mol. The van der Waals surface area contributed by atoms with E-state index in [4.69, 9.17) is 5.11 Å². The number of hydrogen-bond acceptors (Lipinski definition) is 3. The molecule has 0 spiro atoms. The summed E-state index contributed by atoms with van der Waals surface area (Å²) < 4.78 is 28.5. The van der Waals surface area contributed by atoms with Crippen molar-refractivity contribution in [2.24, 2.45) is 5.41 Å². The summed E-state index contributed by atoms with van der Waals surface area (Å²) >= 11 is 6.53. The van der Waals surface area contributed by atoms with Crippen LogP contribution in [0, 0.1) is 5.41 Å². The Morgan fingerprint density at radius 3 is 2.55 bits per heavy atom. The predicted molar refractivity (Wildman–Crippen MR) is 87.1 cm³/mol. The van der Waals surface area contributed by atoms with Gasteiger partial charge in [-0.15, -0.1) is 0 Å². The van der Waals surface area contributed by atoms with Crippen molar-refractivity contribution < 1.29 is 13.5 Å². The molecular formula is C13H19Br2NO3S. The van der Waals surface area contributed by atoms with Crippen molar-refractivity contribution in [2.75, 3.05) is 13.2 Å². The molecule has 0 fully saturated rings. The second-order valence-corrected chi connectivity index (χ2v) is 8.90. The van der Waals surface area contributed by atoms with Crippen LogP contribution in [-0.4, -0.2) is 26.7 Å². The van der Waals surface area contributed by atoms with Crippen molar-refractivity contribution >= 4 is 41.9 Å². The summed E-state index contributed by atoms with van der Waals surface area (Å²) in [6.07, 6.45) is 1.42. The van der Waals surface area contributed by atoms with E-state index in [1.165, 1.54) is 0 Å². The highest BCUT2D eigenvalue weighted by atomic mass is 79.9. The van der Waals surface area contributed by atoms with E-state index in [1.807, 2.05) is 13.8 Å². The zero-order chi connectivity index (χ0) is 15.4. The van der Waals surface area contributed by atoms with Crippen LogP contribution >= 0.6 is 31.9 Å². The molecule has 0 aromatic heterocycles. The van der Waals surface area contributed by atoms with Gasteiger partial charge in [0.15, 0.2) is 0 Å². The predicted octanol–water partition coefficient (Wildman–Crippen LogP) is 3.29. The Kier molecular flexibility index (Phi) is 6.66. The number of rotatable bonds is 7. The fourth-order valence-corrected chi connectivity index (χ4v) is 4.44. The van der Waals surface area contributed by atoms with Gasteiger partial charge in [0.05, 0.1) is 4.90 Å². The molecule has 7 heteroatoms. The fourth-order valence-electron chi connectivity index (χ4n) is 1.70. The quantitative estimate of drug-likeness (QED) is 0.700. The molecule has 4 nitrogen and oxygen atoms in total. The molecule has 0 aliphatic rings. The first-order valence-electron chi connectivity index (χ1n) is 6.23. The van der Waals surface area contributed by atoms with Gasteiger partial charge in [-0.25, -0.2) is 13.1 Å². The van der Waals surface area contributed by atoms with Crippen molar-refractivity contribution in [2.45, 2.75) is 31.6 Å². The van der Waals surface area contributed by atoms with Gasteiger partial charge in [0.25, 0.3) is 0 Å². The lowest BCUT2D eigenvalue weighted by molar-refractivity contribution is 0.242. The van der Waals surface area contributed by atoms with Gasteiger partial charge in [-0.2, -0.15) is 0 Å². The molecule has 0 heterocycles. The van der Waals surface area contributed by atoms with E-state index in [0.717, 1.165) is 6.42 Å². The minimum atomic E-state index is -3.56. The zero-order valence-electron chi connectivity index (χ0n) is 11.5. The highest BCUT2D eigenvalue weighted by Crippen LogP contribution is 2.27. The number of aliphatic hydroxyl groups excluding tert-OH is 1. The Hall–Kier alpha value is 0.0500. The van der Waals surface area contributed by atoms with Crippen LogP contribution in [0.25, 0.3) is 0 Å².